The first kappa shape index (κ1) is 20.3. The fourth-order valence-corrected chi connectivity index (χ4v) is 2.99. The largest absolute Gasteiger partial charge is 0.503 e. The first-order chi connectivity index (χ1) is 11.3. The highest BCUT2D eigenvalue weighted by Crippen LogP contribution is 2.21. The summed E-state index contributed by atoms with van der Waals surface area (Å²) in [5, 5.41) is 17.7. The Morgan fingerprint density at radius 2 is 1.83 bits per heavy atom. The van der Waals surface area contributed by atoms with E-state index >= 15 is 0 Å². The molecule has 0 spiro atoms. The van der Waals surface area contributed by atoms with Crippen LogP contribution in [0.3, 0.4) is 0 Å². The van der Waals surface area contributed by atoms with E-state index in [1.54, 1.807) is 7.11 Å². The van der Waals surface area contributed by atoms with Crippen molar-refractivity contribution < 1.29 is 24.5 Å². The summed E-state index contributed by atoms with van der Waals surface area (Å²) in [4.78, 5) is 20.6. The van der Waals surface area contributed by atoms with Crippen LogP contribution in [0.4, 0.5) is 4.79 Å². The first-order valence-electron chi connectivity index (χ1n) is 7.81. The topological polar surface area (TPSA) is 95.9 Å². The van der Waals surface area contributed by atoms with Gasteiger partial charge in [0.15, 0.2) is 0 Å². The molecule has 24 heavy (non-hydrogen) atoms. The molecule has 0 aliphatic heterocycles. The van der Waals surface area contributed by atoms with Gasteiger partial charge in [0.1, 0.15) is 0 Å². The Balaban J connectivity index is 0.000000648. The number of benzene rings is 1. The maximum absolute atomic E-state index is 12.1. The van der Waals surface area contributed by atoms with Crippen LogP contribution >= 0.6 is 11.6 Å². The summed E-state index contributed by atoms with van der Waals surface area (Å²) >= 11 is 6.16. The van der Waals surface area contributed by atoms with Gasteiger partial charge in [-0.3, -0.25) is 4.79 Å². The summed E-state index contributed by atoms with van der Waals surface area (Å²) in [7, 11) is 1.75. The molecule has 0 aromatic heterocycles. The quantitative estimate of drug-likeness (QED) is 0.766. The van der Waals surface area contributed by atoms with Gasteiger partial charge in [-0.05, 0) is 49.8 Å². The molecule has 1 aromatic carbocycles. The molecule has 7 heteroatoms. The standard InChI is InChI=1S/C16H22ClNO2.CH2O3/c1-11-3-4-12(15(17)9-11)10-16(19)18-13-5-7-14(20-2)8-6-13;2-1(3)4/h3-4,9,13-14H,5-8,10H2,1-2H3,(H,18,19);(H2,2,3,4). The average molecular weight is 358 g/mol. The Bertz CT molecular complexity index is 552. The molecule has 0 heterocycles. The van der Waals surface area contributed by atoms with Gasteiger partial charge in [-0.25, -0.2) is 4.79 Å². The molecule has 1 saturated carbocycles. The highest BCUT2D eigenvalue weighted by Gasteiger charge is 2.22. The van der Waals surface area contributed by atoms with Gasteiger partial charge < -0.3 is 20.3 Å². The number of methoxy groups -OCH3 is 1. The summed E-state index contributed by atoms with van der Waals surface area (Å²) in [6.07, 6.45) is 2.90. The summed E-state index contributed by atoms with van der Waals surface area (Å²) in [6, 6.07) is 6.09. The third kappa shape index (κ3) is 7.66. The van der Waals surface area contributed by atoms with E-state index in [0.29, 0.717) is 17.5 Å². The number of rotatable bonds is 4. The lowest BCUT2D eigenvalue weighted by Crippen LogP contribution is -2.39. The van der Waals surface area contributed by atoms with Crippen molar-refractivity contribution in [2.75, 3.05) is 7.11 Å². The number of ether oxygens (including phenoxy) is 1. The van der Waals surface area contributed by atoms with Gasteiger partial charge in [0, 0.05) is 18.2 Å². The van der Waals surface area contributed by atoms with Crippen molar-refractivity contribution in [2.45, 2.75) is 51.2 Å². The monoisotopic (exact) mass is 357 g/mol. The second kappa shape index (κ2) is 10.2. The molecule has 0 unspecified atom stereocenters. The fourth-order valence-electron chi connectivity index (χ4n) is 2.69. The van der Waals surface area contributed by atoms with Crippen molar-refractivity contribution in [3.8, 4) is 0 Å². The second-order valence-electron chi connectivity index (χ2n) is 5.83. The summed E-state index contributed by atoms with van der Waals surface area (Å²) < 4.78 is 5.34. The smallest absolute Gasteiger partial charge is 0.450 e. The van der Waals surface area contributed by atoms with E-state index in [0.717, 1.165) is 36.8 Å². The van der Waals surface area contributed by atoms with Gasteiger partial charge in [-0.15, -0.1) is 0 Å². The highest BCUT2D eigenvalue weighted by molar-refractivity contribution is 6.31. The highest BCUT2D eigenvalue weighted by atomic mass is 35.5. The normalized spacial score (nSPS) is 19.8. The Kier molecular flexibility index (Phi) is 8.57. The van der Waals surface area contributed by atoms with Crippen LogP contribution in [0.25, 0.3) is 0 Å². The SMILES string of the molecule is COC1CCC(NC(=O)Cc2ccc(C)cc2Cl)CC1.O=C(O)O. The molecule has 0 radical (unpaired) electrons. The first-order valence-corrected chi connectivity index (χ1v) is 8.18. The van der Waals surface area contributed by atoms with Crippen molar-refractivity contribution in [1.82, 2.24) is 5.32 Å². The molecule has 1 amide bonds. The van der Waals surface area contributed by atoms with Crippen LogP contribution in [0.15, 0.2) is 18.2 Å². The Morgan fingerprint density at radius 3 is 2.33 bits per heavy atom. The van der Waals surface area contributed by atoms with Crippen LogP contribution in [-0.2, 0) is 16.0 Å². The molecule has 1 aromatic rings. The van der Waals surface area contributed by atoms with Gasteiger partial charge >= 0.3 is 6.16 Å². The third-order valence-corrected chi connectivity index (χ3v) is 4.28. The molecule has 0 saturated heterocycles. The van der Waals surface area contributed by atoms with Crippen LogP contribution in [0.5, 0.6) is 0 Å². The van der Waals surface area contributed by atoms with E-state index in [4.69, 9.17) is 31.3 Å². The summed E-state index contributed by atoms with van der Waals surface area (Å²) in [5.41, 5.74) is 2.00. The van der Waals surface area contributed by atoms with Crippen molar-refractivity contribution >= 4 is 23.7 Å². The fraction of sp³-hybridized carbons (Fsp3) is 0.529. The van der Waals surface area contributed by atoms with Gasteiger partial charge in [0.25, 0.3) is 0 Å². The molecular formula is C17H24ClNO5. The predicted octanol–water partition coefficient (Wildman–Crippen LogP) is 3.49. The number of hydrogen-bond donors (Lipinski definition) is 3. The lowest BCUT2D eigenvalue weighted by atomic mass is 9.93. The molecule has 0 atom stereocenters. The Hall–Kier alpha value is -1.79. The Morgan fingerprint density at radius 1 is 1.25 bits per heavy atom. The summed E-state index contributed by atoms with van der Waals surface area (Å²) in [5.74, 6) is 0.0524. The maximum atomic E-state index is 12.1. The molecule has 6 nitrogen and oxygen atoms in total. The average Bonchev–Trinajstić information content (AvgIpc) is 2.50. The molecular weight excluding hydrogens is 334 g/mol. The van der Waals surface area contributed by atoms with E-state index in [9.17, 15) is 4.79 Å². The van der Waals surface area contributed by atoms with Crippen LogP contribution in [0.1, 0.15) is 36.8 Å². The number of nitrogens with one attached hydrogen (secondary N) is 1. The van der Waals surface area contributed by atoms with Crippen LogP contribution in [0, 0.1) is 6.92 Å². The van der Waals surface area contributed by atoms with E-state index in [-0.39, 0.29) is 11.9 Å². The van der Waals surface area contributed by atoms with Crippen LogP contribution < -0.4 is 5.32 Å². The molecule has 3 N–H and O–H groups in total. The molecule has 134 valence electrons. The lowest BCUT2D eigenvalue weighted by Gasteiger charge is -2.28. The zero-order chi connectivity index (χ0) is 18.1. The van der Waals surface area contributed by atoms with Crippen molar-refractivity contribution in [2.24, 2.45) is 0 Å². The molecule has 2 rings (SSSR count). The number of carboxylic acid groups (broad SMARTS) is 2. The van der Waals surface area contributed by atoms with E-state index < -0.39 is 6.16 Å². The van der Waals surface area contributed by atoms with Gasteiger partial charge in [-0.2, -0.15) is 0 Å². The third-order valence-electron chi connectivity index (χ3n) is 3.93. The molecule has 0 bridgehead atoms. The minimum Gasteiger partial charge on any atom is -0.450 e. The number of carbonyl (C=O) groups is 2. The maximum Gasteiger partial charge on any atom is 0.503 e. The molecule has 1 aliphatic carbocycles. The van der Waals surface area contributed by atoms with Crippen molar-refractivity contribution in [3.63, 3.8) is 0 Å². The summed E-state index contributed by atoms with van der Waals surface area (Å²) in [6.45, 7) is 1.99. The number of halogens is 1. The van der Waals surface area contributed by atoms with E-state index in [1.165, 1.54) is 0 Å². The minimum atomic E-state index is -1.83. The molecule has 1 aliphatic rings. The van der Waals surface area contributed by atoms with Crippen molar-refractivity contribution in [1.29, 1.82) is 0 Å². The van der Waals surface area contributed by atoms with Gasteiger partial charge in [0.05, 0.1) is 12.5 Å². The van der Waals surface area contributed by atoms with Crippen molar-refractivity contribution in [3.05, 3.63) is 34.3 Å². The van der Waals surface area contributed by atoms with Crippen LogP contribution in [-0.4, -0.2) is 41.5 Å². The van der Waals surface area contributed by atoms with E-state index in [1.807, 2.05) is 25.1 Å². The minimum absolute atomic E-state index is 0.0524. The second-order valence-corrected chi connectivity index (χ2v) is 6.24. The van der Waals surface area contributed by atoms with Crippen LogP contribution in [0.2, 0.25) is 5.02 Å². The zero-order valence-electron chi connectivity index (χ0n) is 13.9. The zero-order valence-corrected chi connectivity index (χ0v) is 14.7. The number of hydrogen-bond acceptors (Lipinski definition) is 3. The van der Waals surface area contributed by atoms with Gasteiger partial charge in [-0.1, -0.05) is 23.7 Å². The predicted molar refractivity (Wildman–Crippen MR) is 91.7 cm³/mol. The van der Waals surface area contributed by atoms with Gasteiger partial charge in [0.2, 0.25) is 5.91 Å². The number of aryl methyl sites for hydroxylation is 1. The van der Waals surface area contributed by atoms with E-state index in [2.05, 4.69) is 5.32 Å². The lowest BCUT2D eigenvalue weighted by molar-refractivity contribution is -0.121. The number of carbonyl (C=O) groups excluding carboxylic acids is 1. The molecule has 1 fully saturated rings. The Labute approximate surface area is 146 Å². The number of amides is 1.